The Morgan fingerprint density at radius 2 is 1.33 bits per heavy atom. The van der Waals surface area contributed by atoms with E-state index in [1.54, 1.807) is 34.1 Å². The van der Waals surface area contributed by atoms with Gasteiger partial charge in [-0.2, -0.15) is 5.26 Å². The summed E-state index contributed by atoms with van der Waals surface area (Å²) in [7, 11) is 0. The van der Waals surface area contributed by atoms with Crippen molar-refractivity contribution in [1.82, 2.24) is 9.80 Å². The Kier molecular flexibility index (Phi) is 6.53. The average molecular weight is 371 g/mol. The lowest BCUT2D eigenvalue weighted by Crippen LogP contribution is -2.39. The minimum absolute atomic E-state index is 0.320. The molecule has 0 unspecified atom stereocenters. The Morgan fingerprint density at radius 1 is 0.852 bits per heavy atom. The Labute approximate surface area is 159 Å². The van der Waals surface area contributed by atoms with Crippen molar-refractivity contribution in [3.8, 4) is 6.07 Å². The summed E-state index contributed by atoms with van der Waals surface area (Å²) in [5, 5.41) is 9.38. The molecule has 0 aromatic heterocycles. The molecule has 2 aliphatic rings. The molecule has 0 saturated carbocycles. The molecule has 0 bridgehead atoms. The number of hydrogen-bond donors (Lipinski definition) is 0. The van der Waals surface area contributed by atoms with E-state index in [0.717, 1.165) is 38.5 Å². The normalized spacial score (nSPS) is 17.3. The van der Waals surface area contributed by atoms with Gasteiger partial charge in [0.15, 0.2) is 0 Å². The van der Waals surface area contributed by atoms with E-state index < -0.39 is 18.5 Å². The maximum atomic E-state index is 12.6. The minimum Gasteiger partial charge on any atom is -0.404 e. The molecule has 2 heterocycles. The number of ether oxygens (including phenoxy) is 2. The SMILES string of the molecule is N#Cc1ccccc1C(OC(=O)N1CCCCC1)OC(=O)N1CCCCC1. The van der Waals surface area contributed by atoms with Crippen molar-refractivity contribution in [2.45, 2.75) is 44.8 Å². The first-order valence-corrected chi connectivity index (χ1v) is 9.59. The summed E-state index contributed by atoms with van der Waals surface area (Å²) in [4.78, 5) is 28.4. The van der Waals surface area contributed by atoms with E-state index in [9.17, 15) is 14.9 Å². The molecule has 7 heteroatoms. The number of carbonyl (C=O) groups is 2. The van der Waals surface area contributed by atoms with E-state index in [2.05, 4.69) is 6.07 Å². The molecule has 2 fully saturated rings. The second-order valence-corrected chi connectivity index (χ2v) is 6.89. The maximum Gasteiger partial charge on any atom is 0.413 e. The van der Waals surface area contributed by atoms with Gasteiger partial charge in [-0.25, -0.2) is 9.59 Å². The van der Waals surface area contributed by atoms with Crippen LogP contribution in [0.3, 0.4) is 0 Å². The zero-order valence-corrected chi connectivity index (χ0v) is 15.4. The van der Waals surface area contributed by atoms with Gasteiger partial charge in [0.05, 0.1) is 17.2 Å². The van der Waals surface area contributed by atoms with Gasteiger partial charge in [0.2, 0.25) is 0 Å². The third-order valence-corrected chi connectivity index (χ3v) is 4.98. The Morgan fingerprint density at radius 3 is 1.81 bits per heavy atom. The van der Waals surface area contributed by atoms with Gasteiger partial charge in [-0.05, 0) is 44.6 Å². The van der Waals surface area contributed by atoms with Crippen molar-refractivity contribution < 1.29 is 19.1 Å². The number of amides is 2. The van der Waals surface area contributed by atoms with Gasteiger partial charge in [0.25, 0.3) is 6.29 Å². The van der Waals surface area contributed by atoms with Crippen LogP contribution in [0.5, 0.6) is 0 Å². The molecule has 0 N–H and O–H groups in total. The first-order valence-electron chi connectivity index (χ1n) is 9.59. The molecule has 2 saturated heterocycles. The molecular weight excluding hydrogens is 346 g/mol. The summed E-state index contributed by atoms with van der Waals surface area (Å²) < 4.78 is 11.1. The molecule has 2 aliphatic heterocycles. The third kappa shape index (κ3) is 4.91. The predicted octanol–water partition coefficient (Wildman–Crippen LogP) is 3.80. The van der Waals surface area contributed by atoms with E-state index in [1.165, 1.54) is 0 Å². The number of benzene rings is 1. The van der Waals surface area contributed by atoms with Crippen LogP contribution in [0, 0.1) is 11.3 Å². The minimum atomic E-state index is -1.23. The van der Waals surface area contributed by atoms with Crippen LogP contribution in [0.15, 0.2) is 24.3 Å². The van der Waals surface area contributed by atoms with Crippen LogP contribution in [-0.2, 0) is 9.47 Å². The quantitative estimate of drug-likeness (QED) is 0.755. The summed E-state index contributed by atoms with van der Waals surface area (Å²) in [6.45, 7) is 2.52. The van der Waals surface area contributed by atoms with Crippen molar-refractivity contribution in [1.29, 1.82) is 5.26 Å². The van der Waals surface area contributed by atoms with Crippen LogP contribution in [0.25, 0.3) is 0 Å². The molecule has 27 heavy (non-hydrogen) atoms. The fourth-order valence-electron chi connectivity index (χ4n) is 3.44. The molecule has 0 spiro atoms. The van der Waals surface area contributed by atoms with Gasteiger partial charge < -0.3 is 19.3 Å². The fourth-order valence-corrected chi connectivity index (χ4v) is 3.44. The number of hydrogen-bond acceptors (Lipinski definition) is 5. The summed E-state index contributed by atoms with van der Waals surface area (Å²) >= 11 is 0. The fraction of sp³-hybridized carbons (Fsp3) is 0.550. The standard InChI is InChI=1S/C20H25N3O4/c21-15-16-9-3-4-10-17(16)18(26-19(24)22-11-5-1-6-12-22)27-20(25)23-13-7-2-8-14-23/h3-4,9-10,18H,1-2,5-8,11-14H2. The molecule has 1 aromatic carbocycles. The second kappa shape index (κ2) is 9.26. The van der Waals surface area contributed by atoms with Crippen molar-refractivity contribution in [2.75, 3.05) is 26.2 Å². The van der Waals surface area contributed by atoms with Crippen LogP contribution in [0.2, 0.25) is 0 Å². The van der Waals surface area contributed by atoms with Gasteiger partial charge in [-0.15, -0.1) is 0 Å². The lowest BCUT2D eigenvalue weighted by atomic mass is 10.1. The van der Waals surface area contributed by atoms with E-state index in [1.807, 2.05) is 0 Å². The number of likely N-dealkylation sites (tertiary alicyclic amines) is 2. The molecule has 0 radical (unpaired) electrons. The number of piperidine rings is 2. The molecule has 1 aromatic rings. The highest BCUT2D eigenvalue weighted by atomic mass is 16.7. The van der Waals surface area contributed by atoms with Crippen molar-refractivity contribution in [3.05, 3.63) is 35.4 Å². The number of carbonyl (C=O) groups excluding carboxylic acids is 2. The number of rotatable bonds is 3. The molecular formula is C20H25N3O4. The lowest BCUT2D eigenvalue weighted by Gasteiger charge is -2.30. The van der Waals surface area contributed by atoms with Crippen molar-refractivity contribution in [2.24, 2.45) is 0 Å². The first kappa shape index (κ1) is 19.0. The van der Waals surface area contributed by atoms with Crippen LogP contribution in [0.4, 0.5) is 9.59 Å². The van der Waals surface area contributed by atoms with Gasteiger partial charge in [-0.1, -0.05) is 18.2 Å². The second-order valence-electron chi connectivity index (χ2n) is 6.89. The largest absolute Gasteiger partial charge is 0.413 e. The average Bonchev–Trinajstić information content (AvgIpc) is 2.74. The zero-order chi connectivity index (χ0) is 19.1. The van der Waals surface area contributed by atoms with Crippen LogP contribution in [0.1, 0.15) is 55.9 Å². The highest BCUT2D eigenvalue weighted by molar-refractivity contribution is 5.70. The molecule has 144 valence electrons. The van der Waals surface area contributed by atoms with Crippen LogP contribution in [-0.4, -0.2) is 48.2 Å². The lowest BCUT2D eigenvalue weighted by molar-refractivity contribution is -0.0857. The topological polar surface area (TPSA) is 82.9 Å². The van der Waals surface area contributed by atoms with Crippen LogP contribution >= 0.6 is 0 Å². The number of nitriles is 1. The molecule has 0 atom stereocenters. The maximum absolute atomic E-state index is 12.6. The smallest absolute Gasteiger partial charge is 0.404 e. The summed E-state index contributed by atoms with van der Waals surface area (Å²) in [6.07, 6.45) is 3.65. The third-order valence-electron chi connectivity index (χ3n) is 4.98. The predicted molar refractivity (Wildman–Crippen MR) is 97.7 cm³/mol. The van der Waals surface area contributed by atoms with Gasteiger partial charge in [-0.3, -0.25) is 0 Å². The summed E-state index contributed by atoms with van der Waals surface area (Å²) in [6, 6.07) is 8.79. The van der Waals surface area contributed by atoms with Gasteiger partial charge in [0.1, 0.15) is 0 Å². The Hall–Kier alpha value is -2.75. The zero-order valence-electron chi connectivity index (χ0n) is 15.4. The Balaban J connectivity index is 1.76. The molecule has 3 rings (SSSR count). The van der Waals surface area contributed by atoms with Crippen molar-refractivity contribution in [3.63, 3.8) is 0 Å². The first-order chi connectivity index (χ1) is 13.2. The highest BCUT2D eigenvalue weighted by Gasteiger charge is 2.29. The van der Waals surface area contributed by atoms with Crippen LogP contribution < -0.4 is 0 Å². The summed E-state index contributed by atoms with van der Waals surface area (Å²) in [5.41, 5.74) is 0.705. The summed E-state index contributed by atoms with van der Waals surface area (Å²) in [5.74, 6) is 0. The number of nitrogens with zero attached hydrogens (tertiary/aromatic N) is 3. The van der Waals surface area contributed by atoms with Gasteiger partial charge >= 0.3 is 12.2 Å². The van der Waals surface area contributed by atoms with E-state index >= 15 is 0 Å². The monoisotopic (exact) mass is 371 g/mol. The molecule has 0 aliphatic carbocycles. The van der Waals surface area contributed by atoms with Gasteiger partial charge in [0, 0.05) is 26.2 Å². The van der Waals surface area contributed by atoms with E-state index in [0.29, 0.717) is 37.3 Å². The Bertz CT molecular complexity index is 671. The highest BCUT2D eigenvalue weighted by Crippen LogP contribution is 2.26. The molecule has 7 nitrogen and oxygen atoms in total. The van der Waals surface area contributed by atoms with E-state index in [-0.39, 0.29) is 0 Å². The van der Waals surface area contributed by atoms with E-state index in [4.69, 9.17) is 9.47 Å². The molecule has 2 amide bonds. The van der Waals surface area contributed by atoms with Crippen molar-refractivity contribution >= 4 is 12.2 Å².